The van der Waals surface area contributed by atoms with Crippen LogP contribution in [0, 0.1) is 0 Å². The number of benzene rings is 1. The van der Waals surface area contributed by atoms with E-state index in [1.165, 1.54) is 17.6 Å². The highest BCUT2D eigenvalue weighted by Crippen LogP contribution is 2.35. The third-order valence-corrected chi connectivity index (χ3v) is 5.76. The summed E-state index contributed by atoms with van der Waals surface area (Å²) in [7, 11) is 1.44. The average Bonchev–Trinajstić information content (AvgIpc) is 3.04. The number of fused-ring (bicyclic) bond motifs is 1. The van der Waals surface area contributed by atoms with Crippen molar-refractivity contribution in [1.29, 1.82) is 0 Å². The number of carbonyl (C=O) groups is 1. The van der Waals surface area contributed by atoms with Gasteiger partial charge in [0.2, 0.25) is 0 Å². The number of ether oxygens (including phenoxy) is 1. The highest BCUT2D eigenvalue weighted by Gasteiger charge is 2.27. The lowest BCUT2D eigenvalue weighted by Crippen LogP contribution is -2.34. The van der Waals surface area contributed by atoms with Crippen LogP contribution in [-0.4, -0.2) is 24.5 Å². The van der Waals surface area contributed by atoms with Crippen LogP contribution in [0.25, 0.3) is 0 Å². The van der Waals surface area contributed by atoms with E-state index in [0.29, 0.717) is 6.42 Å². The second-order valence-electron chi connectivity index (χ2n) is 5.74. The van der Waals surface area contributed by atoms with E-state index in [-0.39, 0.29) is 12.0 Å². The van der Waals surface area contributed by atoms with Gasteiger partial charge in [-0.2, -0.15) is 0 Å². The molecule has 5 heteroatoms. The van der Waals surface area contributed by atoms with Crippen molar-refractivity contribution in [2.24, 2.45) is 0 Å². The zero-order chi connectivity index (χ0) is 16.2. The number of thiophene rings is 1. The van der Waals surface area contributed by atoms with Gasteiger partial charge in [0.05, 0.1) is 7.11 Å². The Balaban J connectivity index is 1.83. The SMILES string of the molecule is COC(=O)CCC(c1ccccc1Cl)N1CCc2sccc2C1. The number of nitrogens with zero attached hydrogens (tertiary/aromatic N) is 1. The lowest BCUT2D eigenvalue weighted by Gasteiger charge is -2.35. The van der Waals surface area contributed by atoms with Gasteiger partial charge in [0.1, 0.15) is 0 Å². The summed E-state index contributed by atoms with van der Waals surface area (Å²) in [5, 5.41) is 2.92. The van der Waals surface area contributed by atoms with Gasteiger partial charge in [-0.1, -0.05) is 29.8 Å². The number of esters is 1. The fourth-order valence-electron chi connectivity index (χ4n) is 3.17. The van der Waals surface area contributed by atoms with Gasteiger partial charge in [0.15, 0.2) is 0 Å². The van der Waals surface area contributed by atoms with Gasteiger partial charge in [-0.25, -0.2) is 0 Å². The molecule has 122 valence electrons. The summed E-state index contributed by atoms with van der Waals surface area (Å²) in [6, 6.07) is 10.3. The Morgan fingerprint density at radius 1 is 1.39 bits per heavy atom. The predicted octanol–water partition coefficient (Wildman–Crippen LogP) is 4.45. The summed E-state index contributed by atoms with van der Waals surface area (Å²) in [4.78, 5) is 15.5. The van der Waals surface area contributed by atoms with E-state index in [1.807, 2.05) is 29.5 Å². The maximum absolute atomic E-state index is 11.6. The first kappa shape index (κ1) is 16.5. The molecule has 1 aromatic heterocycles. The number of halogens is 1. The fraction of sp³-hybridized carbons (Fsp3) is 0.389. The molecule has 2 aromatic rings. The van der Waals surface area contributed by atoms with Crippen molar-refractivity contribution in [2.45, 2.75) is 31.8 Å². The third kappa shape index (κ3) is 3.77. The minimum absolute atomic E-state index is 0.135. The van der Waals surface area contributed by atoms with Crippen molar-refractivity contribution in [2.75, 3.05) is 13.7 Å². The van der Waals surface area contributed by atoms with Crippen LogP contribution in [-0.2, 0) is 22.5 Å². The Hall–Kier alpha value is -1.36. The Morgan fingerprint density at radius 3 is 3.00 bits per heavy atom. The molecule has 0 saturated heterocycles. The second-order valence-corrected chi connectivity index (χ2v) is 7.15. The largest absolute Gasteiger partial charge is 0.469 e. The lowest BCUT2D eigenvalue weighted by molar-refractivity contribution is -0.141. The third-order valence-electron chi connectivity index (χ3n) is 4.39. The topological polar surface area (TPSA) is 29.5 Å². The van der Waals surface area contributed by atoms with Gasteiger partial charge >= 0.3 is 5.97 Å². The molecule has 0 bridgehead atoms. The molecule has 0 spiro atoms. The minimum Gasteiger partial charge on any atom is -0.469 e. The summed E-state index contributed by atoms with van der Waals surface area (Å²) >= 11 is 8.26. The molecule has 0 amide bonds. The highest BCUT2D eigenvalue weighted by atomic mass is 35.5. The monoisotopic (exact) mass is 349 g/mol. The van der Waals surface area contributed by atoms with E-state index in [1.54, 1.807) is 0 Å². The lowest BCUT2D eigenvalue weighted by atomic mass is 9.97. The van der Waals surface area contributed by atoms with Crippen LogP contribution in [0.1, 0.15) is 34.9 Å². The van der Waals surface area contributed by atoms with E-state index in [0.717, 1.165) is 36.5 Å². The first-order valence-corrected chi connectivity index (χ1v) is 9.05. The molecule has 3 rings (SSSR count). The molecule has 0 saturated carbocycles. The molecule has 0 aliphatic carbocycles. The first-order chi connectivity index (χ1) is 11.2. The van der Waals surface area contributed by atoms with Gasteiger partial charge in [0, 0.05) is 35.5 Å². The second kappa shape index (κ2) is 7.47. The van der Waals surface area contributed by atoms with E-state index in [2.05, 4.69) is 22.4 Å². The van der Waals surface area contributed by atoms with Gasteiger partial charge in [-0.3, -0.25) is 9.69 Å². The molecule has 1 aliphatic heterocycles. The van der Waals surface area contributed by atoms with Crippen molar-refractivity contribution in [3.63, 3.8) is 0 Å². The molecule has 0 N–H and O–H groups in total. The fourth-order valence-corrected chi connectivity index (χ4v) is 4.32. The van der Waals surface area contributed by atoms with Gasteiger partial charge in [0.25, 0.3) is 0 Å². The summed E-state index contributed by atoms with van der Waals surface area (Å²) < 4.78 is 4.81. The Morgan fingerprint density at radius 2 is 2.22 bits per heavy atom. The molecule has 23 heavy (non-hydrogen) atoms. The molecule has 2 heterocycles. The molecule has 0 fully saturated rings. The smallest absolute Gasteiger partial charge is 0.305 e. The Bertz CT molecular complexity index is 685. The zero-order valence-corrected chi connectivity index (χ0v) is 14.7. The number of hydrogen-bond donors (Lipinski definition) is 0. The molecule has 1 aromatic carbocycles. The number of carbonyl (C=O) groups excluding carboxylic acids is 1. The van der Waals surface area contributed by atoms with Crippen molar-refractivity contribution in [1.82, 2.24) is 4.90 Å². The van der Waals surface area contributed by atoms with E-state index in [4.69, 9.17) is 16.3 Å². The molecule has 1 aliphatic rings. The van der Waals surface area contributed by atoms with Gasteiger partial charge < -0.3 is 4.74 Å². The minimum atomic E-state index is -0.171. The molecular formula is C18H20ClNO2S. The summed E-state index contributed by atoms with van der Waals surface area (Å²) in [5.74, 6) is -0.171. The standard InChI is InChI=1S/C18H20ClNO2S/c1-22-18(21)7-6-16(14-4-2-3-5-15(14)19)20-10-8-17-13(12-20)9-11-23-17/h2-5,9,11,16H,6-8,10,12H2,1H3. The van der Waals surface area contributed by atoms with Crippen molar-refractivity contribution >= 4 is 28.9 Å². The van der Waals surface area contributed by atoms with Crippen LogP contribution in [0.4, 0.5) is 0 Å². The Kier molecular flexibility index (Phi) is 5.36. The van der Waals surface area contributed by atoms with Crippen LogP contribution in [0.15, 0.2) is 35.7 Å². The number of methoxy groups -OCH3 is 1. The van der Waals surface area contributed by atoms with Crippen LogP contribution >= 0.6 is 22.9 Å². The zero-order valence-electron chi connectivity index (χ0n) is 13.1. The number of hydrogen-bond acceptors (Lipinski definition) is 4. The predicted molar refractivity (Wildman–Crippen MR) is 93.9 cm³/mol. The summed E-state index contributed by atoms with van der Waals surface area (Å²) in [5.41, 5.74) is 2.49. The molecule has 3 nitrogen and oxygen atoms in total. The maximum Gasteiger partial charge on any atom is 0.305 e. The van der Waals surface area contributed by atoms with Gasteiger partial charge in [-0.05, 0) is 41.5 Å². The summed E-state index contributed by atoms with van der Waals surface area (Å²) in [6.07, 6.45) is 2.18. The van der Waals surface area contributed by atoms with Crippen LogP contribution in [0.2, 0.25) is 5.02 Å². The molecule has 1 unspecified atom stereocenters. The summed E-state index contributed by atoms with van der Waals surface area (Å²) in [6.45, 7) is 1.90. The average molecular weight is 350 g/mol. The van der Waals surface area contributed by atoms with Crippen LogP contribution in [0.5, 0.6) is 0 Å². The maximum atomic E-state index is 11.6. The highest BCUT2D eigenvalue weighted by molar-refractivity contribution is 7.10. The van der Waals surface area contributed by atoms with E-state index in [9.17, 15) is 4.79 Å². The van der Waals surface area contributed by atoms with Crippen molar-refractivity contribution < 1.29 is 9.53 Å². The quantitative estimate of drug-likeness (QED) is 0.747. The van der Waals surface area contributed by atoms with Crippen LogP contribution < -0.4 is 0 Å². The first-order valence-electron chi connectivity index (χ1n) is 7.79. The van der Waals surface area contributed by atoms with Crippen molar-refractivity contribution in [3.8, 4) is 0 Å². The normalized spacial score (nSPS) is 15.9. The van der Waals surface area contributed by atoms with Gasteiger partial charge in [-0.15, -0.1) is 11.3 Å². The Labute approximate surface area is 145 Å². The van der Waals surface area contributed by atoms with Crippen molar-refractivity contribution in [3.05, 3.63) is 56.7 Å². The molecule has 0 radical (unpaired) electrons. The molecule has 1 atom stereocenters. The van der Waals surface area contributed by atoms with E-state index < -0.39 is 0 Å². The van der Waals surface area contributed by atoms with Crippen LogP contribution in [0.3, 0.4) is 0 Å². The number of rotatable bonds is 5. The molecular weight excluding hydrogens is 330 g/mol. The van der Waals surface area contributed by atoms with E-state index >= 15 is 0 Å².